The minimum atomic E-state index is -0.887. The molecule has 0 aliphatic rings. The van der Waals surface area contributed by atoms with E-state index in [1.54, 1.807) is 13.0 Å². The lowest BCUT2D eigenvalue weighted by atomic mass is 10.1. The van der Waals surface area contributed by atoms with Crippen LogP contribution in [0.2, 0.25) is 0 Å². The quantitative estimate of drug-likeness (QED) is 0.479. The largest absolute Gasteiger partial charge is 0.478 e. The Bertz CT molecular complexity index is 221. The third kappa shape index (κ3) is 5.90. The molecular weight excluding hydrogens is 170 g/mol. The molecule has 0 aliphatic heterocycles. The Labute approximate surface area is 77.4 Å². The normalized spacial score (nSPS) is 11.3. The molecule has 4 heteroatoms. The molecule has 0 aromatic rings. The van der Waals surface area contributed by atoms with Crippen molar-refractivity contribution in [1.82, 2.24) is 0 Å². The second-order valence-electron chi connectivity index (χ2n) is 2.75. The van der Waals surface area contributed by atoms with Gasteiger partial charge in [-0.05, 0) is 19.3 Å². The summed E-state index contributed by atoms with van der Waals surface area (Å²) in [6, 6.07) is 0. The number of nitrogens with two attached hydrogens (primary N) is 1. The number of primary amides is 1. The monoisotopic (exact) mass is 185 g/mol. The van der Waals surface area contributed by atoms with Gasteiger partial charge in [-0.2, -0.15) is 0 Å². The lowest BCUT2D eigenvalue weighted by molar-refractivity contribution is -0.132. The van der Waals surface area contributed by atoms with E-state index in [4.69, 9.17) is 10.8 Å². The summed E-state index contributed by atoms with van der Waals surface area (Å²) in [5.41, 5.74) is 5.32. The van der Waals surface area contributed by atoms with Crippen molar-refractivity contribution in [2.24, 2.45) is 5.73 Å². The van der Waals surface area contributed by atoms with E-state index in [-0.39, 0.29) is 5.91 Å². The fourth-order valence-electron chi connectivity index (χ4n) is 0.935. The van der Waals surface area contributed by atoms with Gasteiger partial charge in [-0.25, -0.2) is 4.79 Å². The lowest BCUT2D eigenvalue weighted by Crippen LogP contribution is -2.09. The number of aliphatic carboxylic acids is 1. The molecule has 0 aromatic heterocycles. The number of carbonyl (C=O) groups excluding carboxylic acids is 1. The van der Waals surface area contributed by atoms with Crippen LogP contribution >= 0.6 is 0 Å². The predicted molar refractivity (Wildman–Crippen MR) is 49.1 cm³/mol. The fraction of sp³-hybridized carbons (Fsp3) is 0.556. The molecule has 0 aromatic carbocycles. The highest BCUT2D eigenvalue weighted by atomic mass is 16.4. The van der Waals surface area contributed by atoms with E-state index in [1.807, 2.05) is 0 Å². The average Bonchev–Trinajstić information content (AvgIpc) is 2.03. The van der Waals surface area contributed by atoms with Crippen LogP contribution in [0.3, 0.4) is 0 Å². The first-order chi connectivity index (χ1) is 6.07. The number of allylic oxidation sites excluding steroid dienone is 1. The number of hydrogen-bond donors (Lipinski definition) is 2. The number of carboxylic acids is 1. The van der Waals surface area contributed by atoms with Crippen LogP contribution in [0.4, 0.5) is 0 Å². The van der Waals surface area contributed by atoms with Gasteiger partial charge < -0.3 is 10.8 Å². The van der Waals surface area contributed by atoms with Gasteiger partial charge in [0, 0.05) is 12.0 Å². The first-order valence-corrected chi connectivity index (χ1v) is 4.28. The number of hydrogen-bond acceptors (Lipinski definition) is 2. The number of carbonyl (C=O) groups is 2. The highest BCUT2D eigenvalue weighted by molar-refractivity contribution is 5.86. The molecule has 0 rings (SSSR count). The molecule has 0 fully saturated rings. The summed E-state index contributed by atoms with van der Waals surface area (Å²) in [6.45, 7) is 1.79. The van der Waals surface area contributed by atoms with E-state index >= 15 is 0 Å². The van der Waals surface area contributed by atoms with Crippen molar-refractivity contribution < 1.29 is 14.7 Å². The van der Waals surface area contributed by atoms with Gasteiger partial charge in [0.2, 0.25) is 5.91 Å². The molecule has 0 saturated carbocycles. The molecule has 74 valence electrons. The maximum Gasteiger partial charge on any atom is 0.331 e. The Morgan fingerprint density at radius 1 is 1.46 bits per heavy atom. The molecule has 13 heavy (non-hydrogen) atoms. The van der Waals surface area contributed by atoms with Gasteiger partial charge in [0.05, 0.1) is 0 Å². The Balaban J connectivity index is 3.80. The van der Waals surface area contributed by atoms with Gasteiger partial charge in [0.15, 0.2) is 0 Å². The van der Waals surface area contributed by atoms with Crippen molar-refractivity contribution in [2.45, 2.75) is 32.6 Å². The van der Waals surface area contributed by atoms with Crippen LogP contribution < -0.4 is 5.73 Å². The topological polar surface area (TPSA) is 80.4 Å². The molecule has 0 atom stereocenters. The van der Waals surface area contributed by atoms with E-state index < -0.39 is 5.97 Å². The van der Waals surface area contributed by atoms with Gasteiger partial charge in [0.1, 0.15) is 0 Å². The smallest absolute Gasteiger partial charge is 0.331 e. The number of amides is 1. The van der Waals surface area contributed by atoms with Crippen molar-refractivity contribution in [3.8, 4) is 0 Å². The maximum atomic E-state index is 10.5. The van der Waals surface area contributed by atoms with Gasteiger partial charge in [0.25, 0.3) is 0 Å². The minimum Gasteiger partial charge on any atom is -0.478 e. The lowest BCUT2D eigenvalue weighted by Gasteiger charge is -1.97. The van der Waals surface area contributed by atoms with Crippen molar-refractivity contribution in [1.29, 1.82) is 0 Å². The van der Waals surface area contributed by atoms with Crippen LogP contribution in [0.25, 0.3) is 0 Å². The van der Waals surface area contributed by atoms with Gasteiger partial charge >= 0.3 is 5.97 Å². The molecule has 0 heterocycles. The van der Waals surface area contributed by atoms with Crippen LogP contribution in [0.5, 0.6) is 0 Å². The first-order valence-electron chi connectivity index (χ1n) is 4.28. The molecule has 0 saturated heterocycles. The fourth-order valence-corrected chi connectivity index (χ4v) is 0.935. The maximum absolute atomic E-state index is 10.5. The molecule has 0 radical (unpaired) electrons. The average molecular weight is 185 g/mol. The van der Waals surface area contributed by atoms with E-state index in [0.29, 0.717) is 31.3 Å². The standard InChI is InChI=1S/C9H15NO3/c1-2-7(9(12)13)5-3-4-6-8(10)11/h5H,2-4,6H2,1H3,(H2,10,11)(H,12,13). The van der Waals surface area contributed by atoms with Gasteiger partial charge in [-0.1, -0.05) is 13.0 Å². The second-order valence-corrected chi connectivity index (χ2v) is 2.75. The van der Waals surface area contributed by atoms with Crippen LogP contribution in [0.15, 0.2) is 11.6 Å². The third-order valence-electron chi connectivity index (χ3n) is 1.67. The highest BCUT2D eigenvalue weighted by Crippen LogP contribution is 2.05. The molecule has 0 spiro atoms. The Kier molecular flexibility index (Phi) is 5.59. The van der Waals surface area contributed by atoms with Crippen molar-refractivity contribution in [3.05, 3.63) is 11.6 Å². The summed E-state index contributed by atoms with van der Waals surface area (Å²) in [5, 5.41) is 8.62. The molecule has 0 bridgehead atoms. The van der Waals surface area contributed by atoms with Crippen molar-refractivity contribution in [2.75, 3.05) is 0 Å². The second kappa shape index (κ2) is 6.22. The zero-order valence-corrected chi connectivity index (χ0v) is 7.75. The molecular formula is C9H15NO3. The van der Waals surface area contributed by atoms with E-state index in [9.17, 15) is 9.59 Å². The summed E-state index contributed by atoms with van der Waals surface area (Å²) >= 11 is 0. The SMILES string of the molecule is CCC(=CCCCC(N)=O)C(=O)O. The summed E-state index contributed by atoms with van der Waals surface area (Å²) < 4.78 is 0. The predicted octanol–water partition coefficient (Wildman–Crippen LogP) is 1.06. The van der Waals surface area contributed by atoms with Crippen molar-refractivity contribution in [3.63, 3.8) is 0 Å². The Morgan fingerprint density at radius 2 is 2.08 bits per heavy atom. The number of carboxylic acid groups (broad SMARTS) is 1. The Morgan fingerprint density at radius 3 is 2.46 bits per heavy atom. The van der Waals surface area contributed by atoms with Crippen molar-refractivity contribution >= 4 is 11.9 Å². The zero-order chi connectivity index (χ0) is 10.3. The van der Waals surface area contributed by atoms with Gasteiger partial charge in [-0.15, -0.1) is 0 Å². The number of unbranched alkanes of at least 4 members (excludes halogenated alkanes) is 1. The molecule has 3 N–H and O–H groups in total. The van der Waals surface area contributed by atoms with E-state index in [0.717, 1.165) is 0 Å². The molecule has 4 nitrogen and oxygen atoms in total. The summed E-state index contributed by atoms with van der Waals surface area (Å²) in [5.74, 6) is -1.23. The third-order valence-corrected chi connectivity index (χ3v) is 1.67. The summed E-state index contributed by atoms with van der Waals surface area (Å²) in [4.78, 5) is 20.8. The molecule has 1 amide bonds. The molecule has 0 unspecified atom stereocenters. The van der Waals surface area contributed by atoms with Crippen LogP contribution in [0, 0.1) is 0 Å². The minimum absolute atomic E-state index is 0.313. The van der Waals surface area contributed by atoms with Gasteiger partial charge in [-0.3, -0.25) is 4.79 Å². The number of rotatable bonds is 6. The highest BCUT2D eigenvalue weighted by Gasteiger charge is 2.02. The first kappa shape index (κ1) is 11.7. The van der Waals surface area contributed by atoms with E-state index in [1.165, 1.54) is 0 Å². The zero-order valence-electron chi connectivity index (χ0n) is 7.75. The van der Waals surface area contributed by atoms with Crippen LogP contribution in [-0.2, 0) is 9.59 Å². The summed E-state index contributed by atoms with van der Waals surface area (Å²) in [6.07, 6.45) is 3.68. The molecule has 0 aliphatic carbocycles. The Hall–Kier alpha value is -1.32. The van der Waals surface area contributed by atoms with E-state index in [2.05, 4.69) is 0 Å². The summed E-state index contributed by atoms with van der Waals surface area (Å²) in [7, 11) is 0. The van der Waals surface area contributed by atoms with Crippen LogP contribution in [0.1, 0.15) is 32.6 Å². The van der Waals surface area contributed by atoms with Crippen LogP contribution in [-0.4, -0.2) is 17.0 Å².